The highest BCUT2D eigenvalue weighted by Gasteiger charge is 2.61. The lowest BCUT2D eigenvalue weighted by molar-refractivity contribution is -0.139. The van der Waals surface area contributed by atoms with Crippen LogP contribution in [0, 0.1) is 40.4 Å². The van der Waals surface area contributed by atoms with Crippen LogP contribution in [0.4, 0.5) is 0 Å². The molecule has 0 N–H and O–H groups in total. The van der Waals surface area contributed by atoms with Crippen LogP contribution in [-0.2, 0) is 14.4 Å². The van der Waals surface area contributed by atoms with Gasteiger partial charge in [0.2, 0.25) is 11.6 Å². The molecule has 4 aliphatic rings. The molecule has 0 aliphatic heterocycles. The Morgan fingerprint density at radius 3 is 2.56 bits per heavy atom. The monoisotopic (exact) mass is 342 g/mol. The van der Waals surface area contributed by atoms with E-state index < -0.39 is 0 Å². The van der Waals surface area contributed by atoms with E-state index in [0.29, 0.717) is 35.9 Å². The number of carbonyl (C=O) groups excluding carboxylic acids is 3. The van der Waals surface area contributed by atoms with Crippen LogP contribution in [0.3, 0.4) is 0 Å². The van der Waals surface area contributed by atoms with E-state index in [1.807, 2.05) is 0 Å². The molecule has 25 heavy (non-hydrogen) atoms. The Labute approximate surface area is 150 Å². The van der Waals surface area contributed by atoms with Crippen molar-refractivity contribution in [2.75, 3.05) is 0 Å². The van der Waals surface area contributed by atoms with Gasteiger partial charge >= 0.3 is 0 Å². The van der Waals surface area contributed by atoms with E-state index in [4.69, 9.17) is 0 Å². The number of Topliss-reactive ketones (excluding diaryl/α,β-unsaturated/α-hetero) is 2. The van der Waals surface area contributed by atoms with Crippen LogP contribution in [0.25, 0.3) is 0 Å². The molecule has 4 rings (SSSR count). The van der Waals surface area contributed by atoms with Gasteiger partial charge < -0.3 is 0 Å². The summed E-state index contributed by atoms with van der Waals surface area (Å²) in [6.07, 6.45) is 7.43. The van der Waals surface area contributed by atoms with Crippen molar-refractivity contribution >= 4 is 17.3 Å². The van der Waals surface area contributed by atoms with Gasteiger partial charge in [-0.2, -0.15) is 0 Å². The summed E-state index contributed by atoms with van der Waals surface area (Å²) < 4.78 is 0. The van der Waals surface area contributed by atoms with Crippen molar-refractivity contribution in [1.29, 1.82) is 0 Å². The Morgan fingerprint density at radius 1 is 1.16 bits per heavy atom. The Morgan fingerprint density at radius 2 is 1.88 bits per heavy atom. The number of carbonyl (C=O) groups is 3. The lowest BCUT2D eigenvalue weighted by atomic mass is 9.46. The normalized spacial score (nSPS) is 49.1. The van der Waals surface area contributed by atoms with Crippen LogP contribution < -0.4 is 0 Å². The minimum atomic E-state index is -0.294. The first-order valence-electron chi connectivity index (χ1n) is 9.97. The van der Waals surface area contributed by atoms with Crippen molar-refractivity contribution in [2.24, 2.45) is 40.4 Å². The molecular formula is C22H30O3. The van der Waals surface area contributed by atoms with Crippen molar-refractivity contribution in [3.8, 4) is 0 Å². The van der Waals surface area contributed by atoms with E-state index in [-0.39, 0.29) is 28.3 Å². The van der Waals surface area contributed by atoms with E-state index in [1.54, 1.807) is 13.0 Å². The van der Waals surface area contributed by atoms with Crippen LogP contribution in [0.5, 0.6) is 0 Å². The van der Waals surface area contributed by atoms with E-state index in [1.165, 1.54) is 5.57 Å². The highest BCUT2D eigenvalue weighted by atomic mass is 16.2. The smallest absolute Gasteiger partial charge is 0.221 e. The van der Waals surface area contributed by atoms with E-state index in [2.05, 4.69) is 20.8 Å². The maximum Gasteiger partial charge on any atom is 0.221 e. The molecule has 0 saturated heterocycles. The molecule has 3 fully saturated rings. The average Bonchev–Trinajstić information content (AvgIpc) is 2.79. The van der Waals surface area contributed by atoms with E-state index in [9.17, 15) is 14.4 Å². The minimum absolute atomic E-state index is 0.124. The topological polar surface area (TPSA) is 51.2 Å². The predicted octanol–water partition coefficient (Wildman–Crippen LogP) is 4.15. The van der Waals surface area contributed by atoms with Gasteiger partial charge in [0.05, 0.1) is 0 Å². The van der Waals surface area contributed by atoms with Crippen LogP contribution in [0.1, 0.15) is 66.2 Å². The molecule has 0 heterocycles. The Bertz CT molecular complexity index is 689. The second-order valence-electron chi connectivity index (χ2n) is 9.81. The Kier molecular flexibility index (Phi) is 3.69. The lowest BCUT2D eigenvalue weighted by Crippen LogP contribution is -2.52. The van der Waals surface area contributed by atoms with Crippen molar-refractivity contribution in [2.45, 2.75) is 66.2 Å². The highest BCUT2D eigenvalue weighted by Crippen LogP contribution is 2.67. The molecule has 7 atom stereocenters. The number of hydrogen-bond acceptors (Lipinski definition) is 3. The van der Waals surface area contributed by atoms with Gasteiger partial charge in [-0.15, -0.1) is 0 Å². The third kappa shape index (κ3) is 2.20. The van der Waals surface area contributed by atoms with Gasteiger partial charge in [-0.05, 0) is 79.6 Å². The average molecular weight is 342 g/mol. The predicted molar refractivity (Wildman–Crippen MR) is 95.8 cm³/mol. The van der Waals surface area contributed by atoms with Gasteiger partial charge in [0.25, 0.3) is 0 Å². The molecule has 0 aromatic heterocycles. The van der Waals surface area contributed by atoms with Gasteiger partial charge in [0, 0.05) is 12.3 Å². The fourth-order valence-electron chi connectivity index (χ4n) is 7.70. The minimum Gasteiger partial charge on any atom is -0.300 e. The molecule has 0 aromatic rings. The molecule has 0 spiro atoms. The van der Waals surface area contributed by atoms with Crippen molar-refractivity contribution in [1.82, 2.24) is 0 Å². The Balaban J connectivity index is 1.71. The SMILES string of the molecule is CC(=O)[C@H]1[C@H](C)C[C@H]2[C@@H]3CCC4=CC(=O)C(=O)C[C@]4(C)[C@H]3CC[C@@]21C. The van der Waals surface area contributed by atoms with Crippen molar-refractivity contribution in [3.05, 3.63) is 11.6 Å². The summed E-state index contributed by atoms with van der Waals surface area (Å²) in [5, 5.41) is 0. The molecule has 3 nitrogen and oxygen atoms in total. The van der Waals surface area contributed by atoms with Crippen LogP contribution in [-0.4, -0.2) is 17.3 Å². The quantitative estimate of drug-likeness (QED) is 0.673. The zero-order chi connectivity index (χ0) is 18.1. The van der Waals surface area contributed by atoms with E-state index >= 15 is 0 Å². The van der Waals surface area contributed by atoms with Gasteiger partial charge in [-0.1, -0.05) is 26.3 Å². The van der Waals surface area contributed by atoms with Crippen molar-refractivity contribution < 1.29 is 14.4 Å². The Hall–Kier alpha value is -1.25. The highest BCUT2D eigenvalue weighted by molar-refractivity contribution is 6.42. The summed E-state index contributed by atoms with van der Waals surface area (Å²) in [6, 6.07) is 0. The molecule has 3 saturated carbocycles. The maximum atomic E-state index is 12.4. The maximum absolute atomic E-state index is 12.4. The number of rotatable bonds is 1. The number of ketones is 3. The van der Waals surface area contributed by atoms with Crippen LogP contribution in [0.15, 0.2) is 11.6 Å². The molecular weight excluding hydrogens is 312 g/mol. The first kappa shape index (κ1) is 17.2. The summed E-state index contributed by atoms with van der Waals surface area (Å²) in [4.78, 5) is 36.4. The van der Waals surface area contributed by atoms with Gasteiger partial charge in [0.15, 0.2) is 0 Å². The summed E-state index contributed by atoms with van der Waals surface area (Å²) in [6.45, 7) is 8.61. The largest absolute Gasteiger partial charge is 0.300 e. The summed E-state index contributed by atoms with van der Waals surface area (Å²) in [5.41, 5.74) is 1.21. The summed E-state index contributed by atoms with van der Waals surface area (Å²) >= 11 is 0. The molecule has 0 radical (unpaired) electrons. The third-order valence-electron chi connectivity index (χ3n) is 8.62. The first-order chi connectivity index (χ1) is 11.7. The molecule has 0 bridgehead atoms. The molecule has 3 heteroatoms. The fraction of sp³-hybridized carbons (Fsp3) is 0.773. The molecule has 136 valence electrons. The molecule has 0 amide bonds. The summed E-state index contributed by atoms with van der Waals surface area (Å²) in [5.74, 6) is 2.18. The first-order valence-corrected chi connectivity index (χ1v) is 9.97. The summed E-state index contributed by atoms with van der Waals surface area (Å²) in [7, 11) is 0. The van der Waals surface area contributed by atoms with Crippen LogP contribution >= 0.6 is 0 Å². The second-order valence-corrected chi connectivity index (χ2v) is 9.81. The van der Waals surface area contributed by atoms with Gasteiger partial charge in [0.1, 0.15) is 5.78 Å². The van der Waals surface area contributed by atoms with Crippen LogP contribution in [0.2, 0.25) is 0 Å². The van der Waals surface area contributed by atoms with Gasteiger partial charge in [-0.25, -0.2) is 0 Å². The lowest BCUT2D eigenvalue weighted by Gasteiger charge is -2.57. The fourth-order valence-corrected chi connectivity index (χ4v) is 7.70. The zero-order valence-electron chi connectivity index (χ0n) is 15.9. The standard InChI is InChI=1S/C22H30O3/c1-12-9-17-15-6-5-14-10-18(24)19(25)11-22(14,4)16(15)7-8-21(17,3)20(12)13(2)23/h10,12,15-17,20H,5-9,11H2,1-4H3/t12-,15-,16+,17+,20-,21+,22+/m1/s1. The number of fused-ring (bicyclic) bond motifs is 5. The van der Waals surface area contributed by atoms with E-state index in [0.717, 1.165) is 32.1 Å². The second kappa shape index (κ2) is 5.37. The molecule has 4 aliphatic carbocycles. The number of allylic oxidation sites excluding steroid dienone is 1. The molecule has 0 unspecified atom stereocenters. The van der Waals surface area contributed by atoms with Gasteiger partial charge in [-0.3, -0.25) is 14.4 Å². The van der Waals surface area contributed by atoms with Crippen molar-refractivity contribution in [3.63, 3.8) is 0 Å². The number of hydrogen-bond donors (Lipinski definition) is 0. The molecule has 0 aromatic carbocycles. The zero-order valence-corrected chi connectivity index (χ0v) is 15.9. The third-order valence-corrected chi connectivity index (χ3v) is 8.62.